The quantitative estimate of drug-likeness (QED) is 0.655. The van der Waals surface area contributed by atoms with Crippen LogP contribution in [0.25, 0.3) is 0 Å². The van der Waals surface area contributed by atoms with Gasteiger partial charge in [0.05, 0.1) is 18.1 Å². The molecular weight excluding hydrogens is 326 g/mol. The zero-order valence-corrected chi connectivity index (χ0v) is 14.7. The maximum atomic E-state index is 12.7. The van der Waals surface area contributed by atoms with E-state index in [1.807, 2.05) is 24.4 Å². The second kappa shape index (κ2) is 7.32. The predicted octanol–water partition coefficient (Wildman–Crippen LogP) is 2.76. The summed E-state index contributed by atoms with van der Waals surface area (Å²) in [6.07, 6.45) is 3.34. The van der Waals surface area contributed by atoms with E-state index in [0.717, 1.165) is 22.7 Å². The minimum absolute atomic E-state index is 0.174. The SMILES string of the molecule is COCCOC(=O)C1=C(C)NC2=CCCC(=O)C2C1c1cccs1. The van der Waals surface area contributed by atoms with Crippen LogP contribution in [0, 0.1) is 5.92 Å². The van der Waals surface area contributed by atoms with Crippen molar-refractivity contribution in [1.82, 2.24) is 5.32 Å². The fourth-order valence-electron chi connectivity index (χ4n) is 3.35. The average Bonchev–Trinajstić information content (AvgIpc) is 3.08. The van der Waals surface area contributed by atoms with Crippen LogP contribution in [0.1, 0.15) is 30.6 Å². The largest absolute Gasteiger partial charge is 0.460 e. The van der Waals surface area contributed by atoms with Crippen LogP contribution in [0.2, 0.25) is 0 Å². The molecule has 1 aliphatic heterocycles. The molecule has 0 spiro atoms. The number of methoxy groups -OCH3 is 1. The summed E-state index contributed by atoms with van der Waals surface area (Å²) in [7, 11) is 1.56. The van der Waals surface area contributed by atoms with E-state index >= 15 is 0 Å². The summed E-state index contributed by atoms with van der Waals surface area (Å²) in [5.41, 5.74) is 2.22. The monoisotopic (exact) mass is 347 g/mol. The Bertz CT molecular complexity index is 690. The Morgan fingerprint density at radius 3 is 2.92 bits per heavy atom. The van der Waals surface area contributed by atoms with Gasteiger partial charge in [0.2, 0.25) is 0 Å². The van der Waals surface area contributed by atoms with Crippen LogP contribution >= 0.6 is 11.3 Å². The van der Waals surface area contributed by atoms with Crippen LogP contribution < -0.4 is 5.32 Å². The van der Waals surface area contributed by atoms with E-state index < -0.39 is 0 Å². The van der Waals surface area contributed by atoms with Crippen molar-refractivity contribution in [2.24, 2.45) is 5.92 Å². The topological polar surface area (TPSA) is 64.6 Å². The van der Waals surface area contributed by atoms with Crippen molar-refractivity contribution in [3.05, 3.63) is 45.4 Å². The fourth-order valence-corrected chi connectivity index (χ4v) is 4.23. The van der Waals surface area contributed by atoms with Gasteiger partial charge < -0.3 is 14.8 Å². The first-order valence-corrected chi connectivity index (χ1v) is 8.91. The molecule has 0 saturated carbocycles. The van der Waals surface area contributed by atoms with Gasteiger partial charge in [-0.25, -0.2) is 4.79 Å². The molecule has 0 bridgehead atoms. The molecule has 3 rings (SSSR count). The van der Waals surface area contributed by atoms with Gasteiger partial charge in [-0.3, -0.25) is 4.79 Å². The van der Waals surface area contributed by atoms with E-state index in [4.69, 9.17) is 9.47 Å². The minimum atomic E-state index is -0.382. The molecule has 2 atom stereocenters. The van der Waals surface area contributed by atoms with Gasteiger partial charge in [-0.05, 0) is 24.8 Å². The number of ether oxygens (including phenoxy) is 2. The van der Waals surface area contributed by atoms with Crippen molar-refractivity contribution in [3.8, 4) is 0 Å². The van der Waals surface area contributed by atoms with Crippen molar-refractivity contribution in [2.75, 3.05) is 20.3 Å². The third-order valence-electron chi connectivity index (χ3n) is 4.41. The van der Waals surface area contributed by atoms with Gasteiger partial charge in [0.15, 0.2) is 0 Å². The predicted molar refractivity (Wildman–Crippen MR) is 91.5 cm³/mol. The third-order valence-corrected chi connectivity index (χ3v) is 5.36. The highest BCUT2D eigenvalue weighted by atomic mass is 32.1. The van der Waals surface area contributed by atoms with Gasteiger partial charge in [-0.1, -0.05) is 12.1 Å². The van der Waals surface area contributed by atoms with Crippen LogP contribution in [0.4, 0.5) is 0 Å². The Labute approximate surface area is 145 Å². The molecule has 0 radical (unpaired) electrons. The first kappa shape index (κ1) is 16.9. The van der Waals surface area contributed by atoms with Gasteiger partial charge in [0.25, 0.3) is 0 Å². The van der Waals surface area contributed by atoms with E-state index in [1.54, 1.807) is 18.4 Å². The van der Waals surface area contributed by atoms with E-state index in [0.29, 0.717) is 18.6 Å². The number of Topliss-reactive ketones (excluding diaryl/α,β-unsaturated/α-hetero) is 1. The Morgan fingerprint density at radius 1 is 1.38 bits per heavy atom. The molecule has 1 aromatic heterocycles. The van der Waals surface area contributed by atoms with Crippen molar-refractivity contribution in [1.29, 1.82) is 0 Å². The van der Waals surface area contributed by atoms with Gasteiger partial charge in [-0.15, -0.1) is 11.3 Å². The summed E-state index contributed by atoms with van der Waals surface area (Å²) in [4.78, 5) is 26.3. The fraction of sp³-hybridized carbons (Fsp3) is 0.444. The van der Waals surface area contributed by atoms with E-state index in [9.17, 15) is 9.59 Å². The van der Waals surface area contributed by atoms with E-state index in [2.05, 4.69) is 11.4 Å². The third kappa shape index (κ3) is 3.16. The number of rotatable bonds is 5. The summed E-state index contributed by atoms with van der Waals surface area (Å²) in [5, 5.41) is 5.22. The number of allylic oxidation sites excluding steroid dienone is 3. The Morgan fingerprint density at radius 2 is 2.21 bits per heavy atom. The zero-order chi connectivity index (χ0) is 17.1. The minimum Gasteiger partial charge on any atom is -0.460 e. The Hall–Kier alpha value is -1.92. The molecular formula is C18H21NO4S. The lowest BCUT2D eigenvalue weighted by atomic mass is 9.73. The van der Waals surface area contributed by atoms with Crippen LogP contribution in [0.3, 0.4) is 0 Å². The van der Waals surface area contributed by atoms with Gasteiger partial charge >= 0.3 is 5.97 Å². The number of ketones is 1. The average molecular weight is 347 g/mol. The molecule has 6 heteroatoms. The molecule has 2 aliphatic rings. The molecule has 2 unspecified atom stereocenters. The van der Waals surface area contributed by atoms with Crippen molar-refractivity contribution >= 4 is 23.1 Å². The maximum Gasteiger partial charge on any atom is 0.336 e. The number of carbonyl (C=O) groups is 2. The van der Waals surface area contributed by atoms with Crippen LogP contribution in [0.5, 0.6) is 0 Å². The Kier molecular flexibility index (Phi) is 5.16. The summed E-state index contributed by atoms with van der Waals surface area (Å²) in [6.45, 7) is 2.41. The number of carbonyl (C=O) groups excluding carboxylic acids is 2. The first-order valence-electron chi connectivity index (χ1n) is 8.03. The van der Waals surface area contributed by atoms with Gasteiger partial charge in [0, 0.05) is 35.7 Å². The second-order valence-electron chi connectivity index (χ2n) is 5.93. The second-order valence-corrected chi connectivity index (χ2v) is 6.91. The number of fused-ring (bicyclic) bond motifs is 1. The number of hydrogen-bond donors (Lipinski definition) is 1. The molecule has 128 valence electrons. The maximum absolute atomic E-state index is 12.7. The standard InChI is InChI=1S/C18H21NO4S/c1-11-15(18(21)23-9-8-22-2)17(14-7-4-10-24-14)16-12(19-11)5-3-6-13(16)20/h4-5,7,10,16-17,19H,3,6,8-9H2,1-2H3. The van der Waals surface area contributed by atoms with Crippen LogP contribution in [-0.2, 0) is 19.1 Å². The molecule has 1 aliphatic carbocycles. The molecule has 0 amide bonds. The van der Waals surface area contributed by atoms with Gasteiger partial charge in [-0.2, -0.15) is 0 Å². The summed E-state index contributed by atoms with van der Waals surface area (Å²) in [5.74, 6) is -0.813. The van der Waals surface area contributed by atoms with Crippen LogP contribution in [-0.4, -0.2) is 32.1 Å². The highest BCUT2D eigenvalue weighted by molar-refractivity contribution is 7.10. The molecule has 2 heterocycles. The smallest absolute Gasteiger partial charge is 0.336 e. The first-order chi connectivity index (χ1) is 11.6. The molecule has 24 heavy (non-hydrogen) atoms. The molecule has 1 N–H and O–H groups in total. The zero-order valence-electron chi connectivity index (χ0n) is 13.8. The molecule has 5 nitrogen and oxygen atoms in total. The molecule has 0 saturated heterocycles. The number of hydrogen-bond acceptors (Lipinski definition) is 6. The molecule has 0 fully saturated rings. The van der Waals surface area contributed by atoms with E-state index in [-0.39, 0.29) is 30.2 Å². The summed E-state index contributed by atoms with van der Waals surface area (Å²) in [6, 6.07) is 3.93. The summed E-state index contributed by atoms with van der Waals surface area (Å²) < 4.78 is 10.3. The van der Waals surface area contributed by atoms with Crippen molar-refractivity contribution in [3.63, 3.8) is 0 Å². The summed E-state index contributed by atoms with van der Waals surface area (Å²) >= 11 is 1.56. The lowest BCUT2D eigenvalue weighted by molar-refractivity contribution is -0.141. The highest BCUT2D eigenvalue weighted by Gasteiger charge is 2.43. The Balaban J connectivity index is 2.00. The van der Waals surface area contributed by atoms with Crippen molar-refractivity contribution in [2.45, 2.75) is 25.7 Å². The lowest BCUT2D eigenvalue weighted by Gasteiger charge is -2.37. The number of nitrogens with one attached hydrogen (secondary N) is 1. The number of esters is 1. The van der Waals surface area contributed by atoms with Crippen molar-refractivity contribution < 1.29 is 19.1 Å². The van der Waals surface area contributed by atoms with Gasteiger partial charge in [0.1, 0.15) is 12.4 Å². The number of thiophene rings is 1. The molecule has 1 aromatic rings. The van der Waals surface area contributed by atoms with E-state index in [1.165, 1.54) is 0 Å². The highest BCUT2D eigenvalue weighted by Crippen LogP contribution is 2.45. The van der Waals surface area contributed by atoms with Crippen LogP contribution in [0.15, 0.2) is 40.6 Å². The molecule has 0 aromatic carbocycles. The normalized spacial score (nSPS) is 23.4. The lowest BCUT2D eigenvalue weighted by Crippen LogP contribution is -2.40.